The maximum atomic E-state index is 13.0. The molecule has 0 bridgehead atoms. The number of halogens is 1. The van der Waals surface area contributed by atoms with Crippen molar-refractivity contribution >= 4 is 33.4 Å². The van der Waals surface area contributed by atoms with Crippen LogP contribution >= 0.6 is 15.9 Å². The van der Waals surface area contributed by atoms with Gasteiger partial charge in [0.2, 0.25) is 6.79 Å². The molecule has 0 aliphatic carbocycles. The number of likely N-dealkylation sites (N-methyl/N-ethyl adjacent to an activating group) is 1. The predicted octanol–water partition coefficient (Wildman–Crippen LogP) is 3.16. The number of ketones is 1. The molecular weight excluding hydrogens is 452 g/mol. The summed E-state index contributed by atoms with van der Waals surface area (Å²) in [4.78, 5) is 29.3. The molecule has 2 aromatic carbocycles. The molecule has 2 aromatic rings. The summed E-state index contributed by atoms with van der Waals surface area (Å²) < 4.78 is 11.5. The Hall–Kier alpha value is -2.84. The van der Waals surface area contributed by atoms with E-state index in [-0.39, 0.29) is 18.1 Å². The summed E-state index contributed by atoms with van der Waals surface area (Å²) in [6.45, 7) is 1.04. The second kappa shape index (κ2) is 8.12. The smallest absolute Gasteiger partial charge is 0.295 e. The Kier molecular flexibility index (Phi) is 5.53. The van der Waals surface area contributed by atoms with Crippen LogP contribution in [0.4, 0.5) is 0 Å². The fraction of sp³-hybridized carbons (Fsp3) is 0.273. The largest absolute Gasteiger partial charge is 0.507 e. The number of carbonyl (C=O) groups is 2. The van der Waals surface area contributed by atoms with E-state index in [1.807, 2.05) is 43.3 Å². The highest BCUT2D eigenvalue weighted by atomic mass is 79.9. The molecule has 0 spiro atoms. The molecule has 0 saturated carbocycles. The van der Waals surface area contributed by atoms with Crippen LogP contribution in [-0.4, -0.2) is 60.6 Å². The SMILES string of the molecule is CN(C)CCN1C(=O)C(=O)C(=C(O)c2ccc3c(c2)OCO3)[C@@H]1c1cccc(Br)c1. The number of ether oxygens (including phenoxy) is 2. The molecule has 1 saturated heterocycles. The Morgan fingerprint density at radius 3 is 2.67 bits per heavy atom. The predicted molar refractivity (Wildman–Crippen MR) is 114 cm³/mol. The number of amides is 1. The number of aliphatic hydroxyl groups excluding tert-OH is 1. The summed E-state index contributed by atoms with van der Waals surface area (Å²) in [5.74, 6) is -0.497. The highest BCUT2D eigenvalue weighted by molar-refractivity contribution is 9.10. The molecule has 1 N–H and O–H groups in total. The van der Waals surface area contributed by atoms with E-state index >= 15 is 0 Å². The molecule has 0 aromatic heterocycles. The molecule has 0 radical (unpaired) electrons. The number of fused-ring (bicyclic) bond motifs is 1. The van der Waals surface area contributed by atoms with E-state index in [4.69, 9.17) is 9.47 Å². The van der Waals surface area contributed by atoms with Gasteiger partial charge in [0.1, 0.15) is 5.76 Å². The monoisotopic (exact) mass is 472 g/mol. The van der Waals surface area contributed by atoms with Crippen LogP contribution in [-0.2, 0) is 9.59 Å². The van der Waals surface area contributed by atoms with Crippen LogP contribution in [0.2, 0.25) is 0 Å². The number of carbonyl (C=O) groups excluding carboxylic acids is 2. The third kappa shape index (κ3) is 3.68. The summed E-state index contributed by atoms with van der Waals surface area (Å²) in [6.07, 6.45) is 0. The van der Waals surface area contributed by atoms with Gasteiger partial charge in [0.15, 0.2) is 11.5 Å². The molecule has 0 unspecified atom stereocenters. The van der Waals surface area contributed by atoms with Gasteiger partial charge in [0.05, 0.1) is 11.6 Å². The van der Waals surface area contributed by atoms with Crippen LogP contribution in [0.3, 0.4) is 0 Å². The maximum Gasteiger partial charge on any atom is 0.295 e. The zero-order valence-corrected chi connectivity index (χ0v) is 18.2. The summed E-state index contributed by atoms with van der Waals surface area (Å²) in [6, 6.07) is 11.7. The summed E-state index contributed by atoms with van der Waals surface area (Å²) in [7, 11) is 3.80. The lowest BCUT2D eigenvalue weighted by molar-refractivity contribution is -0.140. The average molecular weight is 473 g/mol. The van der Waals surface area contributed by atoms with Gasteiger partial charge in [0, 0.05) is 23.1 Å². The summed E-state index contributed by atoms with van der Waals surface area (Å²) in [5, 5.41) is 11.1. The lowest BCUT2D eigenvalue weighted by Gasteiger charge is -2.26. The third-order valence-corrected chi connectivity index (χ3v) is 5.63. The van der Waals surface area contributed by atoms with Crippen molar-refractivity contribution in [3.05, 3.63) is 63.6 Å². The van der Waals surface area contributed by atoms with Crippen molar-refractivity contribution in [2.24, 2.45) is 0 Å². The molecule has 2 heterocycles. The van der Waals surface area contributed by atoms with E-state index in [2.05, 4.69) is 15.9 Å². The first-order chi connectivity index (χ1) is 14.4. The van der Waals surface area contributed by atoms with E-state index in [1.165, 1.54) is 4.90 Å². The molecule has 7 nitrogen and oxygen atoms in total. The second-order valence-electron chi connectivity index (χ2n) is 7.42. The van der Waals surface area contributed by atoms with Gasteiger partial charge in [-0.3, -0.25) is 9.59 Å². The topological polar surface area (TPSA) is 79.3 Å². The molecule has 2 aliphatic heterocycles. The van der Waals surface area contributed by atoms with Crippen molar-refractivity contribution in [2.75, 3.05) is 34.0 Å². The van der Waals surface area contributed by atoms with Crippen LogP contribution in [0.15, 0.2) is 52.5 Å². The number of nitrogens with zero attached hydrogens (tertiary/aromatic N) is 2. The van der Waals surface area contributed by atoms with Gasteiger partial charge in [-0.1, -0.05) is 28.1 Å². The van der Waals surface area contributed by atoms with E-state index in [1.54, 1.807) is 18.2 Å². The van der Waals surface area contributed by atoms with Crippen LogP contribution < -0.4 is 9.47 Å². The third-order valence-electron chi connectivity index (χ3n) is 5.14. The van der Waals surface area contributed by atoms with Gasteiger partial charge in [-0.05, 0) is 50.0 Å². The van der Waals surface area contributed by atoms with Crippen molar-refractivity contribution in [3.8, 4) is 11.5 Å². The van der Waals surface area contributed by atoms with Crippen molar-refractivity contribution in [3.63, 3.8) is 0 Å². The fourth-order valence-electron chi connectivity index (χ4n) is 3.64. The Morgan fingerprint density at radius 1 is 1.17 bits per heavy atom. The fourth-order valence-corrected chi connectivity index (χ4v) is 4.06. The zero-order valence-electron chi connectivity index (χ0n) is 16.6. The maximum absolute atomic E-state index is 13.0. The summed E-state index contributed by atoms with van der Waals surface area (Å²) in [5.41, 5.74) is 1.20. The Labute approximate surface area is 182 Å². The quantitative estimate of drug-likeness (QED) is 0.409. The van der Waals surface area contributed by atoms with Crippen molar-refractivity contribution in [2.45, 2.75) is 6.04 Å². The Bertz CT molecular complexity index is 1050. The van der Waals surface area contributed by atoms with E-state index < -0.39 is 17.7 Å². The van der Waals surface area contributed by atoms with E-state index in [0.29, 0.717) is 30.2 Å². The molecule has 1 fully saturated rings. The van der Waals surface area contributed by atoms with Crippen molar-refractivity contribution in [1.29, 1.82) is 0 Å². The van der Waals surface area contributed by atoms with Crippen LogP contribution in [0.1, 0.15) is 17.2 Å². The van der Waals surface area contributed by atoms with Gasteiger partial charge < -0.3 is 24.4 Å². The van der Waals surface area contributed by atoms with E-state index in [0.717, 1.165) is 10.0 Å². The second-order valence-corrected chi connectivity index (χ2v) is 8.33. The molecule has 1 amide bonds. The minimum absolute atomic E-state index is 0.0655. The van der Waals surface area contributed by atoms with Gasteiger partial charge in [-0.2, -0.15) is 0 Å². The summed E-state index contributed by atoms with van der Waals surface area (Å²) >= 11 is 3.45. The van der Waals surface area contributed by atoms with Gasteiger partial charge in [-0.25, -0.2) is 0 Å². The van der Waals surface area contributed by atoms with E-state index in [9.17, 15) is 14.7 Å². The first-order valence-corrected chi connectivity index (χ1v) is 10.2. The number of likely N-dealkylation sites (tertiary alicyclic amines) is 1. The van der Waals surface area contributed by atoms with Crippen molar-refractivity contribution < 1.29 is 24.2 Å². The standard InChI is InChI=1S/C22H21BrN2O5/c1-24(2)8-9-25-19(13-4-3-5-15(23)10-13)18(21(27)22(25)28)20(26)14-6-7-16-17(11-14)30-12-29-16/h3-7,10-11,19,26H,8-9,12H2,1-2H3/t19-/m0/s1. The number of aliphatic hydroxyl groups is 1. The molecule has 1 atom stereocenters. The molecule has 8 heteroatoms. The van der Waals surface area contributed by atoms with Crippen LogP contribution in [0, 0.1) is 0 Å². The highest BCUT2D eigenvalue weighted by Crippen LogP contribution is 2.41. The Balaban J connectivity index is 1.83. The molecule has 156 valence electrons. The minimum atomic E-state index is -0.700. The molecule has 30 heavy (non-hydrogen) atoms. The number of Topliss-reactive ketones (excluding diaryl/α,β-unsaturated/α-hetero) is 1. The normalized spacial score (nSPS) is 19.7. The minimum Gasteiger partial charge on any atom is -0.507 e. The first kappa shape index (κ1) is 20.4. The van der Waals surface area contributed by atoms with Crippen molar-refractivity contribution in [1.82, 2.24) is 9.80 Å². The highest BCUT2D eigenvalue weighted by Gasteiger charge is 2.46. The zero-order chi connectivity index (χ0) is 21.4. The molecular formula is C22H21BrN2O5. The number of benzene rings is 2. The number of rotatable bonds is 5. The molecule has 4 rings (SSSR count). The Morgan fingerprint density at radius 2 is 1.93 bits per heavy atom. The lowest BCUT2D eigenvalue weighted by atomic mass is 9.95. The van der Waals surface area contributed by atoms with Gasteiger partial charge >= 0.3 is 0 Å². The number of hydrogen-bond acceptors (Lipinski definition) is 6. The number of hydrogen-bond donors (Lipinski definition) is 1. The van der Waals surface area contributed by atoms with Gasteiger partial charge in [-0.15, -0.1) is 0 Å². The lowest BCUT2D eigenvalue weighted by Crippen LogP contribution is -2.35. The van der Waals surface area contributed by atoms with Crippen LogP contribution in [0.5, 0.6) is 11.5 Å². The average Bonchev–Trinajstić information content (AvgIpc) is 3.28. The van der Waals surface area contributed by atoms with Gasteiger partial charge in [0.25, 0.3) is 11.7 Å². The first-order valence-electron chi connectivity index (χ1n) is 9.45. The van der Waals surface area contributed by atoms with Crippen LogP contribution in [0.25, 0.3) is 5.76 Å². The molecule has 2 aliphatic rings.